The molecule has 0 atom stereocenters. The average Bonchev–Trinajstić information content (AvgIpc) is 2.15. The summed E-state index contributed by atoms with van der Waals surface area (Å²) in [6.45, 7) is 1.35. The van der Waals surface area contributed by atoms with Crippen LogP contribution in [0.5, 0.6) is 5.75 Å². The Kier molecular flexibility index (Phi) is 2.89. The van der Waals surface area contributed by atoms with Crippen molar-refractivity contribution in [3.63, 3.8) is 0 Å². The van der Waals surface area contributed by atoms with E-state index in [-0.39, 0.29) is 28.5 Å². The Morgan fingerprint density at radius 1 is 1.53 bits per heavy atom. The molecule has 0 aromatic heterocycles. The van der Waals surface area contributed by atoms with E-state index in [1.807, 2.05) is 0 Å². The second-order valence-corrected chi connectivity index (χ2v) is 2.93. The van der Waals surface area contributed by atoms with Gasteiger partial charge in [-0.15, -0.1) is 0 Å². The van der Waals surface area contributed by atoms with Gasteiger partial charge < -0.3 is 10.5 Å². The van der Waals surface area contributed by atoms with Gasteiger partial charge in [-0.3, -0.25) is 14.9 Å². The van der Waals surface area contributed by atoms with E-state index < -0.39 is 4.92 Å². The van der Waals surface area contributed by atoms with Crippen LogP contribution in [0.1, 0.15) is 17.3 Å². The minimum Gasteiger partial charge on any atom is -0.490 e. The lowest BCUT2D eigenvalue weighted by Crippen LogP contribution is -2.02. The molecule has 80 valence electrons. The molecule has 0 saturated carbocycles. The van der Waals surface area contributed by atoms with Gasteiger partial charge in [0.15, 0.2) is 11.5 Å². The van der Waals surface area contributed by atoms with Crippen molar-refractivity contribution in [3.05, 3.63) is 27.8 Å². The van der Waals surface area contributed by atoms with Crippen molar-refractivity contribution in [1.82, 2.24) is 0 Å². The minimum absolute atomic E-state index is 0.00907. The summed E-state index contributed by atoms with van der Waals surface area (Å²) in [5, 5.41) is 10.6. The van der Waals surface area contributed by atoms with Crippen molar-refractivity contribution in [2.24, 2.45) is 0 Å². The zero-order valence-corrected chi connectivity index (χ0v) is 8.31. The zero-order valence-electron chi connectivity index (χ0n) is 8.31. The first-order chi connectivity index (χ1) is 6.97. The number of Topliss-reactive ketones (excluding diaryl/α,β-unsaturated/α-hetero) is 1. The first kappa shape index (κ1) is 11.0. The molecule has 0 amide bonds. The Morgan fingerprint density at radius 3 is 2.53 bits per heavy atom. The highest BCUT2D eigenvalue weighted by Crippen LogP contribution is 2.34. The normalized spacial score (nSPS) is 9.73. The molecule has 15 heavy (non-hydrogen) atoms. The number of nitrogens with two attached hydrogens (primary N) is 1. The number of ether oxygens (including phenoxy) is 1. The fourth-order valence-corrected chi connectivity index (χ4v) is 1.18. The number of methoxy groups -OCH3 is 1. The van der Waals surface area contributed by atoms with Crippen molar-refractivity contribution in [3.8, 4) is 5.75 Å². The van der Waals surface area contributed by atoms with Gasteiger partial charge in [-0.1, -0.05) is 0 Å². The number of nitrogens with zero attached hydrogens (tertiary/aromatic N) is 1. The third-order valence-corrected chi connectivity index (χ3v) is 1.91. The molecule has 0 aliphatic heterocycles. The standard InChI is InChI=1S/C9H10N2O4/c1-5(12)6-3-7(10)9(11(13)14)8(4-6)15-2/h3-4H,10H2,1-2H3. The Balaban J connectivity index is 3.43. The summed E-state index contributed by atoms with van der Waals surface area (Å²) in [5.41, 5.74) is 5.35. The molecule has 6 heteroatoms. The predicted molar refractivity (Wildman–Crippen MR) is 54.1 cm³/mol. The van der Waals surface area contributed by atoms with Crippen LogP contribution in [0.15, 0.2) is 12.1 Å². The van der Waals surface area contributed by atoms with Gasteiger partial charge >= 0.3 is 5.69 Å². The number of hydrogen-bond acceptors (Lipinski definition) is 5. The number of nitro benzene ring substituents is 1. The van der Waals surface area contributed by atoms with Gasteiger partial charge in [-0.05, 0) is 19.1 Å². The van der Waals surface area contributed by atoms with E-state index in [0.717, 1.165) is 0 Å². The minimum atomic E-state index is -0.641. The van der Waals surface area contributed by atoms with E-state index in [2.05, 4.69) is 0 Å². The van der Waals surface area contributed by atoms with Crippen molar-refractivity contribution < 1.29 is 14.5 Å². The summed E-state index contributed by atoms with van der Waals surface area (Å²) in [6.07, 6.45) is 0. The van der Waals surface area contributed by atoms with E-state index in [9.17, 15) is 14.9 Å². The monoisotopic (exact) mass is 210 g/mol. The Hall–Kier alpha value is -2.11. The fraction of sp³-hybridized carbons (Fsp3) is 0.222. The van der Waals surface area contributed by atoms with Crippen LogP contribution in [0, 0.1) is 10.1 Å². The molecule has 0 unspecified atom stereocenters. The van der Waals surface area contributed by atoms with Gasteiger partial charge in [0.05, 0.1) is 12.0 Å². The van der Waals surface area contributed by atoms with Gasteiger partial charge in [0.1, 0.15) is 5.69 Å². The largest absolute Gasteiger partial charge is 0.490 e. The Labute approximate surface area is 85.8 Å². The molecule has 0 radical (unpaired) electrons. The lowest BCUT2D eigenvalue weighted by atomic mass is 10.1. The number of nitro groups is 1. The van der Waals surface area contributed by atoms with E-state index in [1.165, 1.54) is 26.2 Å². The molecular weight excluding hydrogens is 200 g/mol. The zero-order chi connectivity index (χ0) is 11.6. The third kappa shape index (κ3) is 2.04. The van der Waals surface area contributed by atoms with Crippen LogP contribution < -0.4 is 10.5 Å². The van der Waals surface area contributed by atoms with Crippen LogP contribution in [-0.2, 0) is 0 Å². The molecule has 6 nitrogen and oxygen atoms in total. The van der Waals surface area contributed by atoms with Gasteiger partial charge in [-0.25, -0.2) is 0 Å². The summed E-state index contributed by atoms with van der Waals surface area (Å²) in [5.74, 6) is -0.236. The molecule has 0 saturated heterocycles. The Bertz CT molecular complexity index is 428. The van der Waals surface area contributed by atoms with Crippen LogP contribution in [0.4, 0.5) is 11.4 Å². The van der Waals surface area contributed by atoms with Crippen molar-refractivity contribution >= 4 is 17.2 Å². The van der Waals surface area contributed by atoms with Gasteiger partial charge in [0.2, 0.25) is 0 Å². The second kappa shape index (κ2) is 3.95. The summed E-state index contributed by atoms with van der Waals surface area (Å²) < 4.78 is 4.80. The second-order valence-electron chi connectivity index (χ2n) is 2.93. The van der Waals surface area contributed by atoms with Crippen LogP contribution in [0.2, 0.25) is 0 Å². The number of carbonyl (C=O) groups is 1. The fourth-order valence-electron chi connectivity index (χ4n) is 1.18. The number of rotatable bonds is 3. The van der Waals surface area contributed by atoms with Gasteiger partial charge in [0, 0.05) is 5.56 Å². The lowest BCUT2D eigenvalue weighted by Gasteiger charge is -2.05. The van der Waals surface area contributed by atoms with E-state index >= 15 is 0 Å². The molecular formula is C9H10N2O4. The maximum Gasteiger partial charge on any atom is 0.333 e. The van der Waals surface area contributed by atoms with Crippen molar-refractivity contribution in [1.29, 1.82) is 0 Å². The number of nitrogen functional groups attached to an aromatic ring is 1. The van der Waals surface area contributed by atoms with E-state index in [0.29, 0.717) is 0 Å². The number of hydrogen-bond donors (Lipinski definition) is 1. The summed E-state index contributed by atoms with van der Waals surface area (Å²) >= 11 is 0. The highest BCUT2D eigenvalue weighted by atomic mass is 16.6. The van der Waals surface area contributed by atoms with Crippen LogP contribution in [0.25, 0.3) is 0 Å². The smallest absolute Gasteiger partial charge is 0.333 e. The number of benzene rings is 1. The van der Waals surface area contributed by atoms with Crippen molar-refractivity contribution in [2.75, 3.05) is 12.8 Å². The average molecular weight is 210 g/mol. The first-order valence-electron chi connectivity index (χ1n) is 4.10. The van der Waals surface area contributed by atoms with E-state index in [1.54, 1.807) is 0 Å². The number of anilines is 1. The molecule has 0 bridgehead atoms. The molecule has 1 aromatic rings. The SMILES string of the molecule is COc1cc(C(C)=O)cc(N)c1[N+](=O)[O-]. The maximum absolute atomic E-state index is 11.1. The Morgan fingerprint density at radius 2 is 2.13 bits per heavy atom. The third-order valence-electron chi connectivity index (χ3n) is 1.91. The van der Waals surface area contributed by atoms with Gasteiger partial charge in [-0.2, -0.15) is 0 Å². The van der Waals surface area contributed by atoms with Crippen LogP contribution in [0.3, 0.4) is 0 Å². The summed E-state index contributed by atoms with van der Waals surface area (Å²) in [6, 6.07) is 2.57. The lowest BCUT2D eigenvalue weighted by molar-refractivity contribution is -0.384. The molecule has 0 heterocycles. The first-order valence-corrected chi connectivity index (χ1v) is 4.10. The molecule has 1 aromatic carbocycles. The molecule has 1 rings (SSSR count). The van der Waals surface area contributed by atoms with Crippen molar-refractivity contribution in [2.45, 2.75) is 6.92 Å². The highest BCUT2D eigenvalue weighted by Gasteiger charge is 2.21. The quantitative estimate of drug-likeness (QED) is 0.352. The van der Waals surface area contributed by atoms with Crippen LogP contribution >= 0.6 is 0 Å². The molecule has 0 spiro atoms. The summed E-state index contributed by atoms with van der Waals surface area (Å²) in [4.78, 5) is 21.1. The topological polar surface area (TPSA) is 95.5 Å². The number of carbonyl (C=O) groups excluding carboxylic acids is 1. The molecule has 0 aliphatic rings. The van der Waals surface area contributed by atoms with E-state index in [4.69, 9.17) is 10.5 Å². The van der Waals surface area contributed by atoms with Gasteiger partial charge in [0.25, 0.3) is 0 Å². The summed E-state index contributed by atoms with van der Waals surface area (Å²) in [7, 11) is 1.28. The molecule has 0 fully saturated rings. The predicted octanol–water partition coefficient (Wildman–Crippen LogP) is 1.39. The molecule has 0 aliphatic carbocycles. The molecule has 2 N–H and O–H groups in total. The van der Waals surface area contributed by atoms with Crippen LogP contribution in [-0.4, -0.2) is 17.8 Å². The highest BCUT2D eigenvalue weighted by molar-refractivity contribution is 5.96. The maximum atomic E-state index is 11.1. The number of ketones is 1.